The highest BCUT2D eigenvalue weighted by molar-refractivity contribution is 9.12. The fraction of sp³-hybridized carbons (Fsp3) is 0.545. The van der Waals surface area contributed by atoms with Crippen LogP contribution in [0.25, 0.3) is 0 Å². The first-order valence-corrected chi connectivity index (χ1v) is 5.73. The lowest BCUT2D eigenvalue weighted by Gasteiger charge is -2.38. The summed E-state index contributed by atoms with van der Waals surface area (Å²) in [5.41, 5.74) is 7.01. The molecule has 0 radical (unpaired) electrons. The Morgan fingerprint density at radius 1 is 1.36 bits per heavy atom. The number of nitrogens with two attached hydrogens (primary N) is 1. The summed E-state index contributed by atoms with van der Waals surface area (Å²) < 4.78 is 0.986. The molecule has 1 aliphatic carbocycles. The van der Waals surface area contributed by atoms with E-state index >= 15 is 0 Å². The molecule has 1 rings (SSSR count). The van der Waals surface area contributed by atoms with Gasteiger partial charge in [0.2, 0.25) is 0 Å². The summed E-state index contributed by atoms with van der Waals surface area (Å²) in [6.45, 7) is 3.95. The van der Waals surface area contributed by atoms with E-state index < -0.39 is 0 Å². The molecule has 0 unspecified atom stereocenters. The zero-order valence-electron chi connectivity index (χ0n) is 8.76. The molecule has 1 fully saturated rings. The monoisotopic (exact) mass is 256 g/mol. The molecule has 0 saturated heterocycles. The topological polar surface area (TPSA) is 38.4 Å². The highest BCUT2D eigenvalue weighted by atomic mass is 79.9. The number of allylic oxidation sites excluding steroid dienone is 3. The van der Waals surface area contributed by atoms with Gasteiger partial charge in [0.05, 0.1) is 11.2 Å². The van der Waals surface area contributed by atoms with Gasteiger partial charge in [-0.2, -0.15) is 0 Å². The smallest absolute Gasteiger partial charge is 0.0580 e. The van der Waals surface area contributed by atoms with Crippen LogP contribution in [0.15, 0.2) is 27.3 Å². The second-order valence-electron chi connectivity index (χ2n) is 3.62. The van der Waals surface area contributed by atoms with Crippen LogP contribution in [-0.4, -0.2) is 11.8 Å². The van der Waals surface area contributed by atoms with Crippen LogP contribution in [-0.2, 0) is 0 Å². The number of hydrogen-bond donors (Lipinski definition) is 1. The summed E-state index contributed by atoms with van der Waals surface area (Å²) in [6.07, 6.45) is 9.09. The van der Waals surface area contributed by atoms with Crippen molar-refractivity contribution in [1.82, 2.24) is 0 Å². The summed E-state index contributed by atoms with van der Waals surface area (Å²) in [7, 11) is 0. The first-order chi connectivity index (χ1) is 6.62. The number of hydrogen-bond acceptors (Lipinski definition) is 2. The third kappa shape index (κ3) is 2.55. The Morgan fingerprint density at radius 3 is 2.36 bits per heavy atom. The maximum Gasteiger partial charge on any atom is 0.0580 e. The molecular formula is C11H17BrN2. The van der Waals surface area contributed by atoms with Crippen LogP contribution >= 0.6 is 15.9 Å². The van der Waals surface area contributed by atoms with Gasteiger partial charge in [-0.15, -0.1) is 0 Å². The van der Waals surface area contributed by atoms with E-state index in [-0.39, 0.29) is 5.54 Å². The molecule has 0 aliphatic heterocycles. The van der Waals surface area contributed by atoms with E-state index in [9.17, 15) is 0 Å². The van der Waals surface area contributed by atoms with E-state index in [0.29, 0.717) is 0 Å². The van der Waals surface area contributed by atoms with Crippen molar-refractivity contribution in [2.24, 2.45) is 10.7 Å². The van der Waals surface area contributed by atoms with Gasteiger partial charge >= 0.3 is 0 Å². The Bertz CT molecular complexity index is 286. The quantitative estimate of drug-likeness (QED) is 0.775. The van der Waals surface area contributed by atoms with Gasteiger partial charge in [-0.3, -0.25) is 4.99 Å². The normalized spacial score (nSPS) is 22.6. The predicted molar refractivity (Wildman–Crippen MR) is 65.7 cm³/mol. The molecule has 1 saturated carbocycles. The van der Waals surface area contributed by atoms with E-state index in [2.05, 4.69) is 20.9 Å². The van der Waals surface area contributed by atoms with E-state index in [4.69, 9.17) is 5.73 Å². The first kappa shape index (κ1) is 11.7. The zero-order valence-corrected chi connectivity index (χ0v) is 10.3. The first-order valence-electron chi connectivity index (χ1n) is 4.94. The van der Waals surface area contributed by atoms with Crippen molar-refractivity contribution in [2.45, 2.75) is 38.6 Å². The Morgan fingerprint density at radius 2 is 2.00 bits per heavy atom. The van der Waals surface area contributed by atoms with Gasteiger partial charge in [0.1, 0.15) is 0 Å². The van der Waals surface area contributed by atoms with Gasteiger partial charge in [0.25, 0.3) is 0 Å². The number of rotatable bonds is 3. The van der Waals surface area contributed by atoms with Gasteiger partial charge in [-0.05, 0) is 49.0 Å². The predicted octanol–water partition coefficient (Wildman–Crippen LogP) is 3.14. The minimum atomic E-state index is -0.160. The third-order valence-corrected chi connectivity index (χ3v) is 3.29. The van der Waals surface area contributed by atoms with Gasteiger partial charge in [-0.25, -0.2) is 0 Å². The zero-order chi connectivity index (χ0) is 10.6. The van der Waals surface area contributed by atoms with Crippen molar-refractivity contribution in [2.75, 3.05) is 0 Å². The Kier molecular flexibility index (Phi) is 4.08. The molecule has 1 aliphatic rings. The van der Waals surface area contributed by atoms with Crippen molar-refractivity contribution < 1.29 is 0 Å². The maximum absolute atomic E-state index is 6.17. The average Bonchev–Trinajstić information content (AvgIpc) is 2.15. The van der Waals surface area contributed by atoms with E-state index in [0.717, 1.165) is 23.0 Å². The largest absolute Gasteiger partial charge is 0.320 e. The molecule has 0 aromatic carbocycles. The van der Waals surface area contributed by atoms with Crippen LogP contribution in [0.4, 0.5) is 0 Å². The molecule has 2 nitrogen and oxygen atoms in total. The standard InChI is InChI=1S/C11H17BrN2/c1-3-9(12)8-14-10(4-2)11(13)6-5-7-11/h3-4,8H,5-7,13H2,1-2H3/b9-3+,10-4?,14-8?. The lowest BCUT2D eigenvalue weighted by Crippen LogP contribution is -2.47. The third-order valence-electron chi connectivity index (χ3n) is 2.63. The van der Waals surface area contributed by atoms with Gasteiger partial charge in [-0.1, -0.05) is 12.2 Å². The molecule has 0 amide bonds. The Balaban J connectivity index is 2.70. The minimum Gasteiger partial charge on any atom is -0.320 e. The molecule has 0 heterocycles. The molecule has 3 heteroatoms. The molecule has 0 bridgehead atoms. The SMILES string of the molecule is CC=C(N=C/C(Br)=C\C)C1(N)CCC1. The average molecular weight is 257 g/mol. The highest BCUT2D eigenvalue weighted by Gasteiger charge is 2.35. The molecule has 2 N–H and O–H groups in total. The van der Waals surface area contributed by atoms with Crippen LogP contribution in [0.3, 0.4) is 0 Å². The molecule has 0 atom stereocenters. The lowest BCUT2D eigenvalue weighted by atomic mass is 9.75. The number of nitrogens with zero attached hydrogens (tertiary/aromatic N) is 1. The molecule has 0 aromatic heterocycles. The van der Waals surface area contributed by atoms with Crippen LogP contribution in [0.5, 0.6) is 0 Å². The maximum atomic E-state index is 6.17. The molecule has 14 heavy (non-hydrogen) atoms. The van der Waals surface area contributed by atoms with Gasteiger partial charge < -0.3 is 5.73 Å². The molecule has 0 spiro atoms. The van der Waals surface area contributed by atoms with Crippen molar-refractivity contribution in [3.05, 3.63) is 22.3 Å². The Hall–Kier alpha value is -0.410. The summed E-state index contributed by atoms with van der Waals surface area (Å²) in [4.78, 5) is 4.40. The van der Waals surface area contributed by atoms with Crippen molar-refractivity contribution in [3.8, 4) is 0 Å². The minimum absolute atomic E-state index is 0.160. The van der Waals surface area contributed by atoms with E-state index in [1.165, 1.54) is 6.42 Å². The van der Waals surface area contributed by atoms with Crippen LogP contribution in [0.1, 0.15) is 33.1 Å². The van der Waals surface area contributed by atoms with Gasteiger partial charge in [0.15, 0.2) is 0 Å². The molecule has 78 valence electrons. The van der Waals surface area contributed by atoms with Crippen molar-refractivity contribution in [1.29, 1.82) is 0 Å². The fourth-order valence-electron chi connectivity index (χ4n) is 1.51. The number of aliphatic imine (C=N–C) groups is 1. The summed E-state index contributed by atoms with van der Waals surface area (Å²) in [5, 5.41) is 0. The summed E-state index contributed by atoms with van der Waals surface area (Å²) >= 11 is 3.38. The molecular weight excluding hydrogens is 240 g/mol. The Labute approximate surface area is 94.1 Å². The van der Waals surface area contributed by atoms with Gasteiger partial charge in [0, 0.05) is 10.7 Å². The van der Waals surface area contributed by atoms with Crippen LogP contribution in [0, 0.1) is 0 Å². The summed E-state index contributed by atoms with van der Waals surface area (Å²) in [5.74, 6) is 0. The van der Waals surface area contributed by atoms with Crippen LogP contribution in [0.2, 0.25) is 0 Å². The second-order valence-corrected chi connectivity index (χ2v) is 4.53. The van der Waals surface area contributed by atoms with E-state index in [1.54, 1.807) is 0 Å². The molecule has 0 aromatic rings. The fourth-order valence-corrected chi connectivity index (χ4v) is 1.61. The summed E-state index contributed by atoms with van der Waals surface area (Å²) in [6, 6.07) is 0. The number of halogens is 1. The van der Waals surface area contributed by atoms with E-state index in [1.807, 2.05) is 32.2 Å². The van der Waals surface area contributed by atoms with Crippen molar-refractivity contribution in [3.63, 3.8) is 0 Å². The highest BCUT2D eigenvalue weighted by Crippen LogP contribution is 2.36. The van der Waals surface area contributed by atoms with Crippen LogP contribution < -0.4 is 5.73 Å². The van der Waals surface area contributed by atoms with Crippen molar-refractivity contribution >= 4 is 22.1 Å². The second kappa shape index (κ2) is 4.89. The lowest BCUT2D eigenvalue weighted by molar-refractivity contribution is 0.296.